The van der Waals surface area contributed by atoms with Gasteiger partial charge in [0, 0.05) is 13.7 Å². The minimum atomic E-state index is 0.114. The summed E-state index contributed by atoms with van der Waals surface area (Å²) in [4.78, 5) is 0. The molecule has 0 heterocycles. The third kappa shape index (κ3) is 4.70. The first-order valence-electron chi connectivity index (χ1n) is 4.33. The molecule has 3 heteroatoms. The minimum Gasteiger partial charge on any atom is -0.382 e. The summed E-state index contributed by atoms with van der Waals surface area (Å²) in [5.41, 5.74) is 5.69. The molecule has 3 nitrogen and oxygen atoms in total. The Kier molecular flexibility index (Phi) is 5.46. The van der Waals surface area contributed by atoms with Gasteiger partial charge in [-0.1, -0.05) is 20.8 Å². The molecule has 0 spiro atoms. The molecule has 0 aliphatic rings. The summed E-state index contributed by atoms with van der Waals surface area (Å²) >= 11 is 0. The van der Waals surface area contributed by atoms with Crippen LogP contribution in [0.25, 0.3) is 0 Å². The summed E-state index contributed by atoms with van der Waals surface area (Å²) in [5.74, 6) is 0. The molecule has 0 saturated carbocycles. The van der Waals surface area contributed by atoms with E-state index in [-0.39, 0.29) is 11.5 Å². The van der Waals surface area contributed by atoms with Gasteiger partial charge in [-0.3, -0.25) is 0 Å². The van der Waals surface area contributed by atoms with Gasteiger partial charge in [0.15, 0.2) is 0 Å². The van der Waals surface area contributed by atoms with Gasteiger partial charge in [-0.2, -0.15) is 0 Å². The second-order valence-electron chi connectivity index (χ2n) is 3.95. The maximum absolute atomic E-state index is 5.58. The summed E-state index contributed by atoms with van der Waals surface area (Å²) in [6.07, 6.45) is 0.118. The van der Waals surface area contributed by atoms with E-state index in [1.807, 2.05) is 0 Å². The average molecular weight is 175 g/mol. The second kappa shape index (κ2) is 5.51. The molecule has 0 aromatic rings. The van der Waals surface area contributed by atoms with Crippen LogP contribution in [-0.2, 0) is 9.47 Å². The van der Waals surface area contributed by atoms with E-state index >= 15 is 0 Å². The van der Waals surface area contributed by atoms with Crippen molar-refractivity contribution in [2.24, 2.45) is 11.1 Å². The molecule has 12 heavy (non-hydrogen) atoms. The zero-order valence-electron chi connectivity index (χ0n) is 8.59. The van der Waals surface area contributed by atoms with Crippen molar-refractivity contribution in [2.45, 2.75) is 26.9 Å². The fourth-order valence-electron chi connectivity index (χ4n) is 0.945. The molecule has 2 N–H and O–H groups in total. The Labute approximate surface area is 75.2 Å². The average Bonchev–Trinajstić information content (AvgIpc) is 1.95. The normalized spacial score (nSPS) is 14.8. The van der Waals surface area contributed by atoms with Crippen molar-refractivity contribution in [3.8, 4) is 0 Å². The van der Waals surface area contributed by atoms with Crippen LogP contribution in [0.4, 0.5) is 0 Å². The SMILES string of the molecule is COCCOC(CN)C(C)(C)C. The lowest BCUT2D eigenvalue weighted by Crippen LogP contribution is -2.37. The van der Waals surface area contributed by atoms with Crippen molar-refractivity contribution in [3.05, 3.63) is 0 Å². The quantitative estimate of drug-likeness (QED) is 0.634. The largest absolute Gasteiger partial charge is 0.382 e. The molecule has 0 aromatic carbocycles. The van der Waals surface area contributed by atoms with Gasteiger partial charge in [0.2, 0.25) is 0 Å². The Balaban J connectivity index is 3.68. The molecule has 0 fully saturated rings. The van der Waals surface area contributed by atoms with Crippen molar-refractivity contribution in [3.63, 3.8) is 0 Å². The van der Waals surface area contributed by atoms with E-state index in [0.29, 0.717) is 19.8 Å². The summed E-state index contributed by atoms with van der Waals surface area (Å²) in [6, 6.07) is 0. The highest BCUT2D eigenvalue weighted by atomic mass is 16.5. The molecule has 0 amide bonds. The summed E-state index contributed by atoms with van der Waals surface area (Å²) in [5, 5.41) is 0. The highest BCUT2D eigenvalue weighted by Crippen LogP contribution is 2.20. The van der Waals surface area contributed by atoms with Gasteiger partial charge in [0.25, 0.3) is 0 Å². The van der Waals surface area contributed by atoms with Crippen LogP contribution in [0.5, 0.6) is 0 Å². The van der Waals surface area contributed by atoms with E-state index in [1.165, 1.54) is 0 Å². The van der Waals surface area contributed by atoms with Crippen LogP contribution in [0.3, 0.4) is 0 Å². The van der Waals surface area contributed by atoms with Crippen molar-refractivity contribution in [1.29, 1.82) is 0 Å². The van der Waals surface area contributed by atoms with Gasteiger partial charge in [-0.05, 0) is 5.41 Å². The van der Waals surface area contributed by atoms with Crippen molar-refractivity contribution >= 4 is 0 Å². The molecule has 0 aliphatic carbocycles. The Bertz CT molecular complexity index is 110. The van der Waals surface area contributed by atoms with Crippen molar-refractivity contribution < 1.29 is 9.47 Å². The third-order valence-electron chi connectivity index (χ3n) is 1.79. The van der Waals surface area contributed by atoms with Crippen LogP contribution < -0.4 is 5.73 Å². The zero-order chi connectivity index (χ0) is 9.61. The first-order chi connectivity index (χ1) is 5.52. The molecule has 74 valence electrons. The van der Waals surface area contributed by atoms with Gasteiger partial charge in [-0.15, -0.1) is 0 Å². The number of hydrogen-bond acceptors (Lipinski definition) is 3. The Morgan fingerprint density at radius 3 is 2.17 bits per heavy atom. The van der Waals surface area contributed by atoms with Crippen LogP contribution in [0.2, 0.25) is 0 Å². The molecule has 1 unspecified atom stereocenters. The lowest BCUT2D eigenvalue weighted by atomic mass is 9.89. The lowest BCUT2D eigenvalue weighted by molar-refractivity contribution is -0.0314. The van der Waals surface area contributed by atoms with Gasteiger partial charge in [0.1, 0.15) is 0 Å². The summed E-state index contributed by atoms with van der Waals surface area (Å²) in [7, 11) is 1.66. The molecular weight excluding hydrogens is 154 g/mol. The molecule has 0 aliphatic heterocycles. The first-order valence-corrected chi connectivity index (χ1v) is 4.33. The Morgan fingerprint density at radius 1 is 1.25 bits per heavy atom. The molecule has 0 bridgehead atoms. The van der Waals surface area contributed by atoms with E-state index in [2.05, 4.69) is 20.8 Å². The predicted molar refractivity (Wildman–Crippen MR) is 50.1 cm³/mol. The fourth-order valence-corrected chi connectivity index (χ4v) is 0.945. The van der Waals surface area contributed by atoms with Gasteiger partial charge >= 0.3 is 0 Å². The van der Waals surface area contributed by atoms with E-state index in [1.54, 1.807) is 7.11 Å². The van der Waals surface area contributed by atoms with Gasteiger partial charge < -0.3 is 15.2 Å². The standard InChI is InChI=1S/C9H21NO2/c1-9(2,3)8(7-10)12-6-5-11-4/h8H,5-7,10H2,1-4H3. The zero-order valence-corrected chi connectivity index (χ0v) is 8.59. The summed E-state index contributed by atoms with van der Waals surface area (Å²) in [6.45, 7) is 8.18. The highest BCUT2D eigenvalue weighted by molar-refractivity contribution is 4.74. The fraction of sp³-hybridized carbons (Fsp3) is 1.00. The first kappa shape index (κ1) is 11.9. The number of rotatable bonds is 5. The Hall–Kier alpha value is -0.120. The van der Waals surface area contributed by atoms with Crippen LogP contribution >= 0.6 is 0 Å². The monoisotopic (exact) mass is 175 g/mol. The smallest absolute Gasteiger partial charge is 0.0746 e. The topological polar surface area (TPSA) is 44.5 Å². The lowest BCUT2D eigenvalue weighted by Gasteiger charge is -2.29. The third-order valence-corrected chi connectivity index (χ3v) is 1.79. The van der Waals surface area contributed by atoms with Gasteiger partial charge in [0.05, 0.1) is 19.3 Å². The van der Waals surface area contributed by atoms with E-state index in [9.17, 15) is 0 Å². The second-order valence-corrected chi connectivity index (χ2v) is 3.95. The molecular formula is C9H21NO2. The highest BCUT2D eigenvalue weighted by Gasteiger charge is 2.23. The minimum absolute atomic E-state index is 0.114. The van der Waals surface area contributed by atoms with E-state index < -0.39 is 0 Å². The molecule has 0 radical (unpaired) electrons. The molecule has 0 rings (SSSR count). The van der Waals surface area contributed by atoms with Crippen molar-refractivity contribution in [2.75, 3.05) is 26.9 Å². The van der Waals surface area contributed by atoms with E-state index in [0.717, 1.165) is 0 Å². The van der Waals surface area contributed by atoms with Gasteiger partial charge in [-0.25, -0.2) is 0 Å². The Morgan fingerprint density at radius 2 is 1.83 bits per heavy atom. The maximum Gasteiger partial charge on any atom is 0.0746 e. The molecule has 1 atom stereocenters. The number of ether oxygens (including phenoxy) is 2. The van der Waals surface area contributed by atoms with E-state index in [4.69, 9.17) is 15.2 Å². The predicted octanol–water partition coefficient (Wildman–Crippen LogP) is 1.02. The van der Waals surface area contributed by atoms with Crippen LogP contribution in [0.1, 0.15) is 20.8 Å². The molecule has 0 saturated heterocycles. The number of nitrogens with two attached hydrogens (primary N) is 1. The summed E-state index contributed by atoms with van der Waals surface area (Å²) < 4.78 is 10.4. The number of methoxy groups -OCH3 is 1. The van der Waals surface area contributed by atoms with Crippen LogP contribution in [-0.4, -0.2) is 33.0 Å². The number of hydrogen-bond donors (Lipinski definition) is 1. The maximum atomic E-state index is 5.58. The van der Waals surface area contributed by atoms with Crippen LogP contribution in [0, 0.1) is 5.41 Å². The molecule has 0 aromatic heterocycles. The van der Waals surface area contributed by atoms with Crippen molar-refractivity contribution in [1.82, 2.24) is 0 Å². The van der Waals surface area contributed by atoms with Crippen LogP contribution in [0.15, 0.2) is 0 Å².